The van der Waals surface area contributed by atoms with Crippen LogP contribution < -0.4 is 10.7 Å². The van der Waals surface area contributed by atoms with E-state index in [9.17, 15) is 9.59 Å². The third-order valence-corrected chi connectivity index (χ3v) is 5.96. The lowest BCUT2D eigenvalue weighted by molar-refractivity contribution is -0.596. The Morgan fingerprint density at radius 3 is 2.22 bits per heavy atom. The zero-order chi connectivity index (χ0) is 22.8. The number of nitrogens with zero attached hydrogens (tertiary/aromatic N) is 1. The Kier molecular flexibility index (Phi) is 6.31. The zero-order valence-corrected chi connectivity index (χ0v) is 19.1. The molecule has 32 heavy (non-hydrogen) atoms. The van der Waals surface area contributed by atoms with Crippen LogP contribution in [0.1, 0.15) is 38.7 Å². The van der Waals surface area contributed by atoms with Gasteiger partial charge in [0.2, 0.25) is 12.3 Å². The highest BCUT2D eigenvalue weighted by molar-refractivity contribution is 6.36. The van der Waals surface area contributed by atoms with Crippen molar-refractivity contribution in [1.29, 1.82) is 0 Å². The quantitative estimate of drug-likeness (QED) is 0.550. The molecule has 2 amide bonds. The fraction of sp³-hybridized carbons (Fsp3) is 0.160. The number of hydrazone groups is 1. The lowest BCUT2D eigenvalue weighted by atomic mass is 9.98. The van der Waals surface area contributed by atoms with Crippen molar-refractivity contribution >= 4 is 41.2 Å². The Labute approximate surface area is 196 Å². The Morgan fingerprint density at radius 2 is 1.59 bits per heavy atom. The molecular weight excluding hydrogens is 445 g/mol. The molecular formula is C25H22Cl2N3O2+. The highest BCUT2D eigenvalue weighted by Crippen LogP contribution is 2.27. The van der Waals surface area contributed by atoms with Gasteiger partial charge in [0, 0.05) is 16.1 Å². The van der Waals surface area contributed by atoms with Gasteiger partial charge in [0.05, 0.1) is 10.6 Å². The van der Waals surface area contributed by atoms with E-state index in [4.69, 9.17) is 23.2 Å². The molecule has 0 saturated carbocycles. The maximum atomic E-state index is 12.9. The molecule has 1 aliphatic rings. The van der Waals surface area contributed by atoms with Crippen molar-refractivity contribution in [2.24, 2.45) is 0 Å². The molecule has 162 valence electrons. The third-order valence-electron chi connectivity index (χ3n) is 5.40. The summed E-state index contributed by atoms with van der Waals surface area (Å²) >= 11 is 12.4. The number of hydrogen-bond acceptors (Lipinski definition) is 2. The van der Waals surface area contributed by atoms with E-state index < -0.39 is 12.1 Å². The average Bonchev–Trinajstić information content (AvgIpc) is 3.06. The minimum absolute atomic E-state index is 0.308. The van der Waals surface area contributed by atoms with Crippen LogP contribution in [0.3, 0.4) is 0 Å². The van der Waals surface area contributed by atoms with Crippen LogP contribution >= 0.6 is 23.2 Å². The summed E-state index contributed by atoms with van der Waals surface area (Å²) in [6, 6.07) is 19.0. The second-order valence-electron chi connectivity index (χ2n) is 7.85. The monoisotopic (exact) mass is 466 g/mol. The van der Waals surface area contributed by atoms with Crippen molar-refractivity contribution in [3.05, 3.63) is 105 Å². The van der Waals surface area contributed by atoms with Crippen LogP contribution in [0, 0.1) is 13.8 Å². The smallest absolute Gasteiger partial charge is 0.304 e. The maximum absolute atomic E-state index is 12.9. The number of benzene rings is 3. The van der Waals surface area contributed by atoms with Crippen LogP contribution in [-0.4, -0.2) is 28.8 Å². The number of carbonyl (C=O) groups excluding carboxylic acids is 2. The Bertz CT molecular complexity index is 1200. The lowest BCUT2D eigenvalue weighted by Gasteiger charge is -2.15. The summed E-state index contributed by atoms with van der Waals surface area (Å²) in [5, 5.41) is 3.88. The maximum Gasteiger partial charge on any atom is 0.304 e. The molecule has 1 heterocycles. The number of amides is 2. The first kappa shape index (κ1) is 22.1. The minimum Gasteiger partial charge on any atom is -0.334 e. The first-order chi connectivity index (χ1) is 15.3. The zero-order valence-electron chi connectivity index (χ0n) is 17.6. The molecule has 0 unspecified atom stereocenters. The molecule has 0 spiro atoms. The van der Waals surface area contributed by atoms with Gasteiger partial charge in [-0.3, -0.25) is 9.59 Å². The van der Waals surface area contributed by atoms with Crippen molar-refractivity contribution in [2.45, 2.75) is 25.9 Å². The van der Waals surface area contributed by atoms with Gasteiger partial charge >= 0.3 is 5.91 Å². The van der Waals surface area contributed by atoms with E-state index in [2.05, 4.69) is 10.7 Å². The SMILES string of the molecule is Cc1ccc(C(=O)N[C@@H]2C(=O)N/[N+](=C\c3ccc(Cl)cc3Cl)[C@H]2c2ccc(C)cc2)cc1. The van der Waals surface area contributed by atoms with Crippen LogP contribution in [0.4, 0.5) is 0 Å². The van der Waals surface area contributed by atoms with E-state index in [1.807, 2.05) is 50.2 Å². The lowest BCUT2D eigenvalue weighted by Crippen LogP contribution is -2.42. The van der Waals surface area contributed by atoms with Crippen LogP contribution in [0.15, 0.2) is 66.7 Å². The highest BCUT2D eigenvalue weighted by atomic mass is 35.5. The number of carbonyl (C=O) groups is 2. The fourth-order valence-corrected chi connectivity index (χ4v) is 4.09. The molecule has 3 aromatic carbocycles. The van der Waals surface area contributed by atoms with Gasteiger partial charge in [-0.1, -0.05) is 70.7 Å². The molecule has 2 N–H and O–H groups in total. The molecule has 0 aliphatic carbocycles. The van der Waals surface area contributed by atoms with E-state index in [1.165, 1.54) is 0 Å². The highest BCUT2D eigenvalue weighted by Gasteiger charge is 2.47. The van der Waals surface area contributed by atoms with Gasteiger partial charge in [-0.15, -0.1) is 10.1 Å². The molecule has 1 saturated heterocycles. The Morgan fingerprint density at radius 1 is 0.969 bits per heavy atom. The van der Waals surface area contributed by atoms with Gasteiger partial charge in [0.1, 0.15) is 0 Å². The molecule has 0 bridgehead atoms. The summed E-state index contributed by atoms with van der Waals surface area (Å²) in [5.41, 5.74) is 7.08. The standard InChI is InChI=1S/C25H21Cl2N3O2/c1-15-3-7-17(8-4-15)23-22(28-24(31)18-9-5-16(2)6-10-18)25(32)29-30(23)14-19-11-12-20(26)13-21(19)27/h3-14,22-23H,1-2H3,(H-,28,29,31,32)/p+1/b30-14-/t22-,23-/m0/s1. The summed E-state index contributed by atoms with van der Waals surface area (Å²) in [6.07, 6.45) is 1.75. The number of rotatable bonds is 4. The topological polar surface area (TPSA) is 61.2 Å². The average molecular weight is 467 g/mol. The van der Waals surface area contributed by atoms with Crippen molar-refractivity contribution in [3.63, 3.8) is 0 Å². The van der Waals surface area contributed by atoms with E-state index in [0.29, 0.717) is 21.2 Å². The molecule has 0 radical (unpaired) electrons. The van der Waals surface area contributed by atoms with E-state index >= 15 is 0 Å². The number of aryl methyl sites for hydroxylation is 2. The first-order valence-corrected chi connectivity index (χ1v) is 10.9. The van der Waals surface area contributed by atoms with Crippen molar-refractivity contribution in [2.75, 3.05) is 0 Å². The molecule has 7 heteroatoms. The van der Waals surface area contributed by atoms with Crippen LogP contribution in [-0.2, 0) is 4.79 Å². The summed E-state index contributed by atoms with van der Waals surface area (Å²) in [6.45, 7) is 3.95. The van der Waals surface area contributed by atoms with E-state index in [1.54, 1.807) is 41.2 Å². The largest absolute Gasteiger partial charge is 0.334 e. The number of hydrogen-bond donors (Lipinski definition) is 2. The van der Waals surface area contributed by atoms with Crippen molar-refractivity contribution in [3.8, 4) is 0 Å². The Hall–Kier alpha value is -3.15. The molecule has 1 aliphatic heterocycles. The van der Waals surface area contributed by atoms with E-state index in [-0.39, 0.29) is 11.8 Å². The summed E-state index contributed by atoms with van der Waals surface area (Å²) < 4.78 is 1.68. The van der Waals surface area contributed by atoms with Crippen LogP contribution in [0.2, 0.25) is 10.0 Å². The van der Waals surface area contributed by atoms with Gasteiger partial charge in [0.25, 0.3) is 5.91 Å². The normalized spacial score (nSPS) is 19.1. The van der Waals surface area contributed by atoms with Gasteiger partial charge in [-0.25, -0.2) is 0 Å². The van der Waals surface area contributed by atoms with Crippen LogP contribution in [0.25, 0.3) is 0 Å². The Balaban J connectivity index is 1.72. The van der Waals surface area contributed by atoms with Gasteiger partial charge in [-0.2, -0.15) is 0 Å². The summed E-state index contributed by atoms with van der Waals surface area (Å²) in [7, 11) is 0. The van der Waals surface area contributed by atoms with Gasteiger partial charge in [-0.05, 0) is 44.2 Å². The molecule has 0 aromatic heterocycles. The fourth-order valence-electron chi connectivity index (χ4n) is 3.63. The van der Waals surface area contributed by atoms with Crippen molar-refractivity contribution in [1.82, 2.24) is 10.7 Å². The number of hydrazine groups is 1. The first-order valence-electron chi connectivity index (χ1n) is 10.1. The molecule has 5 nitrogen and oxygen atoms in total. The predicted octanol–water partition coefficient (Wildman–Crippen LogP) is 4.63. The second kappa shape index (κ2) is 9.15. The summed E-state index contributed by atoms with van der Waals surface area (Å²) in [4.78, 5) is 25.8. The third kappa shape index (κ3) is 4.69. The number of halogens is 2. The molecule has 3 aromatic rings. The molecule has 2 atom stereocenters. The minimum atomic E-state index is -0.797. The molecule has 1 fully saturated rings. The number of nitrogens with one attached hydrogen (secondary N) is 2. The van der Waals surface area contributed by atoms with Crippen molar-refractivity contribution < 1.29 is 14.3 Å². The van der Waals surface area contributed by atoms with Gasteiger partial charge in [0.15, 0.2) is 6.04 Å². The predicted molar refractivity (Wildman–Crippen MR) is 126 cm³/mol. The summed E-state index contributed by atoms with van der Waals surface area (Å²) in [5.74, 6) is -0.619. The van der Waals surface area contributed by atoms with Crippen LogP contribution in [0.5, 0.6) is 0 Å². The van der Waals surface area contributed by atoms with Gasteiger partial charge < -0.3 is 5.32 Å². The second-order valence-corrected chi connectivity index (χ2v) is 8.69. The molecule has 4 rings (SSSR count). The van der Waals surface area contributed by atoms with E-state index in [0.717, 1.165) is 16.7 Å².